The van der Waals surface area contributed by atoms with E-state index in [1.165, 1.54) is 25.7 Å². The zero-order valence-electron chi connectivity index (χ0n) is 9.33. The van der Waals surface area contributed by atoms with Crippen molar-refractivity contribution in [3.63, 3.8) is 0 Å². The Kier molecular flexibility index (Phi) is 4.64. The Labute approximate surface area is 91.8 Å². The molecule has 0 aliphatic heterocycles. The number of carbonyl (C=O) groups is 1. The minimum Gasteiger partial charge on any atom is -0.352 e. The molecule has 15 heavy (non-hydrogen) atoms. The average molecular weight is 208 g/mol. The number of rotatable bonds is 4. The van der Waals surface area contributed by atoms with Crippen LogP contribution in [0, 0.1) is 18.3 Å². The van der Waals surface area contributed by atoms with Crippen LogP contribution in [-0.2, 0) is 4.79 Å². The monoisotopic (exact) mass is 208 g/mol. The Morgan fingerprint density at radius 2 is 2.20 bits per heavy atom. The zero-order valence-corrected chi connectivity index (χ0v) is 9.33. The van der Waals surface area contributed by atoms with Crippen molar-refractivity contribution in [2.45, 2.75) is 51.1 Å². The summed E-state index contributed by atoms with van der Waals surface area (Å²) >= 11 is 0. The predicted octanol–water partition coefficient (Wildman–Crippen LogP) is 1.03. The van der Waals surface area contributed by atoms with E-state index in [0.717, 1.165) is 0 Å². The second-order valence-electron chi connectivity index (χ2n) is 4.36. The summed E-state index contributed by atoms with van der Waals surface area (Å²) in [6.07, 6.45) is 10.4. The third-order valence-electron chi connectivity index (χ3n) is 3.15. The molecule has 0 saturated heterocycles. The molecule has 3 N–H and O–H groups in total. The van der Waals surface area contributed by atoms with E-state index in [0.29, 0.717) is 12.3 Å². The van der Waals surface area contributed by atoms with Gasteiger partial charge in [-0.05, 0) is 25.7 Å². The lowest BCUT2D eigenvalue weighted by Gasteiger charge is -2.21. The summed E-state index contributed by atoms with van der Waals surface area (Å²) in [6, 6.07) is -0.331. The van der Waals surface area contributed by atoms with Gasteiger partial charge < -0.3 is 11.1 Å². The van der Waals surface area contributed by atoms with Gasteiger partial charge in [0.2, 0.25) is 5.91 Å². The van der Waals surface area contributed by atoms with Crippen LogP contribution in [0.5, 0.6) is 0 Å². The van der Waals surface area contributed by atoms with Gasteiger partial charge >= 0.3 is 0 Å². The van der Waals surface area contributed by atoms with E-state index in [-0.39, 0.29) is 11.9 Å². The smallest absolute Gasteiger partial charge is 0.238 e. The summed E-state index contributed by atoms with van der Waals surface area (Å²) in [5.74, 6) is 2.90. The fourth-order valence-electron chi connectivity index (χ4n) is 2.13. The van der Waals surface area contributed by atoms with Gasteiger partial charge in [0.1, 0.15) is 0 Å². The van der Waals surface area contributed by atoms with Crippen LogP contribution in [0.1, 0.15) is 39.0 Å². The van der Waals surface area contributed by atoms with Crippen molar-refractivity contribution in [3.8, 4) is 12.3 Å². The molecule has 1 unspecified atom stereocenters. The molecule has 0 aromatic rings. The number of nitrogens with two attached hydrogens (primary N) is 1. The first-order valence-electron chi connectivity index (χ1n) is 5.64. The van der Waals surface area contributed by atoms with Crippen molar-refractivity contribution in [1.82, 2.24) is 5.32 Å². The topological polar surface area (TPSA) is 55.1 Å². The molecule has 1 aliphatic carbocycles. The second kappa shape index (κ2) is 5.77. The standard InChI is InChI=1S/C12H20N2O/c1-3-6-11(13)12(15)14-9(2)10-7-4-5-8-10/h1,9-11H,4-8,13H2,2H3,(H,14,15)/t9-,11?/m1/s1. The molecule has 84 valence electrons. The van der Waals surface area contributed by atoms with Gasteiger partial charge in [0, 0.05) is 12.5 Å². The van der Waals surface area contributed by atoms with E-state index in [4.69, 9.17) is 12.2 Å². The summed E-state index contributed by atoms with van der Waals surface area (Å²) in [5, 5.41) is 2.95. The molecule has 0 aromatic heterocycles. The summed E-state index contributed by atoms with van der Waals surface area (Å²) in [4.78, 5) is 11.6. The average Bonchev–Trinajstić information content (AvgIpc) is 2.70. The SMILES string of the molecule is C#CCC(N)C(=O)N[C@H](C)C1CCCC1. The van der Waals surface area contributed by atoms with Crippen LogP contribution < -0.4 is 11.1 Å². The highest BCUT2D eigenvalue weighted by atomic mass is 16.2. The molecule has 1 aliphatic rings. The molecular formula is C12H20N2O. The van der Waals surface area contributed by atoms with Crippen molar-refractivity contribution in [1.29, 1.82) is 0 Å². The van der Waals surface area contributed by atoms with Crippen LogP contribution in [0.3, 0.4) is 0 Å². The Hall–Kier alpha value is -1.01. The van der Waals surface area contributed by atoms with Crippen LogP contribution in [0.2, 0.25) is 0 Å². The van der Waals surface area contributed by atoms with Crippen molar-refractivity contribution in [2.24, 2.45) is 11.7 Å². The lowest BCUT2D eigenvalue weighted by molar-refractivity contribution is -0.123. The molecule has 0 bridgehead atoms. The number of amides is 1. The summed E-state index contributed by atoms with van der Waals surface area (Å²) in [6.45, 7) is 2.05. The molecule has 3 heteroatoms. The predicted molar refractivity (Wildman–Crippen MR) is 61.0 cm³/mol. The molecule has 1 fully saturated rings. The highest BCUT2D eigenvalue weighted by Crippen LogP contribution is 2.27. The van der Waals surface area contributed by atoms with Crippen LogP contribution in [0.15, 0.2) is 0 Å². The van der Waals surface area contributed by atoms with E-state index in [1.54, 1.807) is 0 Å². The lowest BCUT2D eigenvalue weighted by atomic mass is 9.99. The Bertz CT molecular complexity index is 251. The summed E-state index contributed by atoms with van der Waals surface area (Å²) in [7, 11) is 0. The maximum Gasteiger partial charge on any atom is 0.238 e. The van der Waals surface area contributed by atoms with Gasteiger partial charge in [-0.3, -0.25) is 4.79 Å². The molecule has 3 nitrogen and oxygen atoms in total. The van der Waals surface area contributed by atoms with E-state index < -0.39 is 6.04 Å². The van der Waals surface area contributed by atoms with Crippen molar-refractivity contribution >= 4 is 5.91 Å². The van der Waals surface area contributed by atoms with Crippen LogP contribution >= 0.6 is 0 Å². The van der Waals surface area contributed by atoms with E-state index >= 15 is 0 Å². The van der Waals surface area contributed by atoms with Gasteiger partial charge in [-0.25, -0.2) is 0 Å². The van der Waals surface area contributed by atoms with Gasteiger partial charge in [-0.2, -0.15) is 0 Å². The van der Waals surface area contributed by atoms with Gasteiger partial charge in [-0.1, -0.05) is 12.8 Å². The highest BCUT2D eigenvalue weighted by molar-refractivity contribution is 5.82. The number of hydrogen-bond donors (Lipinski definition) is 2. The zero-order chi connectivity index (χ0) is 11.3. The maximum absolute atomic E-state index is 11.6. The molecule has 1 saturated carbocycles. The van der Waals surface area contributed by atoms with Crippen molar-refractivity contribution < 1.29 is 4.79 Å². The number of hydrogen-bond acceptors (Lipinski definition) is 2. The lowest BCUT2D eigenvalue weighted by Crippen LogP contribution is -2.46. The molecule has 0 heterocycles. The number of nitrogens with one attached hydrogen (secondary N) is 1. The van der Waals surface area contributed by atoms with Crippen LogP contribution in [0.4, 0.5) is 0 Å². The van der Waals surface area contributed by atoms with E-state index in [2.05, 4.69) is 18.2 Å². The molecule has 0 spiro atoms. The third-order valence-corrected chi connectivity index (χ3v) is 3.15. The first-order chi connectivity index (χ1) is 7.15. The third kappa shape index (κ3) is 3.56. The molecule has 0 aromatic carbocycles. The molecule has 2 atom stereocenters. The second-order valence-corrected chi connectivity index (χ2v) is 4.36. The Morgan fingerprint density at radius 3 is 2.73 bits per heavy atom. The normalized spacial score (nSPS) is 20.6. The van der Waals surface area contributed by atoms with Crippen LogP contribution in [0.25, 0.3) is 0 Å². The quantitative estimate of drug-likeness (QED) is 0.678. The Balaban J connectivity index is 2.33. The maximum atomic E-state index is 11.6. The van der Waals surface area contributed by atoms with Gasteiger partial charge in [0.05, 0.1) is 6.04 Å². The Morgan fingerprint density at radius 1 is 1.60 bits per heavy atom. The summed E-state index contributed by atoms with van der Waals surface area (Å²) < 4.78 is 0. The minimum absolute atomic E-state index is 0.118. The van der Waals surface area contributed by atoms with Gasteiger partial charge in [-0.15, -0.1) is 12.3 Å². The van der Waals surface area contributed by atoms with Crippen LogP contribution in [-0.4, -0.2) is 18.0 Å². The molecular weight excluding hydrogens is 188 g/mol. The van der Waals surface area contributed by atoms with Gasteiger partial charge in [0.15, 0.2) is 0 Å². The fourth-order valence-corrected chi connectivity index (χ4v) is 2.13. The number of terminal acetylenes is 1. The first-order valence-corrected chi connectivity index (χ1v) is 5.64. The highest BCUT2D eigenvalue weighted by Gasteiger charge is 2.24. The largest absolute Gasteiger partial charge is 0.352 e. The molecule has 0 radical (unpaired) electrons. The summed E-state index contributed by atoms with van der Waals surface area (Å²) in [5.41, 5.74) is 5.62. The number of carbonyl (C=O) groups excluding carboxylic acids is 1. The van der Waals surface area contributed by atoms with E-state index in [1.807, 2.05) is 0 Å². The van der Waals surface area contributed by atoms with Crippen molar-refractivity contribution in [2.75, 3.05) is 0 Å². The van der Waals surface area contributed by atoms with Gasteiger partial charge in [0.25, 0.3) is 0 Å². The fraction of sp³-hybridized carbons (Fsp3) is 0.750. The van der Waals surface area contributed by atoms with Crippen molar-refractivity contribution in [3.05, 3.63) is 0 Å². The molecule has 1 rings (SSSR count). The minimum atomic E-state index is -0.557. The molecule has 1 amide bonds. The van der Waals surface area contributed by atoms with E-state index in [9.17, 15) is 4.79 Å². The first kappa shape index (κ1) is 12.1.